The Morgan fingerprint density at radius 1 is 1.11 bits per heavy atom. The van der Waals surface area contributed by atoms with Crippen LogP contribution in [0, 0.1) is 0 Å². The molecular formula is C24H19ClF3N3O3S. The number of hydrogen-bond donors (Lipinski definition) is 1. The van der Waals surface area contributed by atoms with Crippen LogP contribution in [-0.2, 0) is 5.75 Å². The van der Waals surface area contributed by atoms with Crippen LogP contribution in [0.4, 0.5) is 13.2 Å². The fraction of sp³-hybridized carbons (Fsp3) is 0.250. The molecule has 5 rings (SSSR count). The first-order valence-corrected chi connectivity index (χ1v) is 12.0. The van der Waals surface area contributed by atoms with Gasteiger partial charge in [-0.2, -0.15) is 13.2 Å². The maximum atomic E-state index is 13.8. The first-order valence-electron chi connectivity index (χ1n) is 10.7. The number of benzene rings is 2. The van der Waals surface area contributed by atoms with Gasteiger partial charge in [-0.05, 0) is 30.2 Å². The molecule has 0 radical (unpaired) electrons. The minimum atomic E-state index is -4.72. The molecule has 11 heteroatoms. The molecule has 0 spiro atoms. The van der Waals surface area contributed by atoms with E-state index in [2.05, 4.69) is 0 Å². The molecule has 1 N–H and O–H groups in total. The summed E-state index contributed by atoms with van der Waals surface area (Å²) in [6.07, 6.45) is -3.43. The van der Waals surface area contributed by atoms with E-state index >= 15 is 0 Å². The van der Waals surface area contributed by atoms with Crippen molar-refractivity contribution in [2.45, 2.75) is 35.8 Å². The van der Waals surface area contributed by atoms with E-state index in [1.54, 1.807) is 17.8 Å². The third-order valence-corrected chi connectivity index (χ3v) is 7.81. The van der Waals surface area contributed by atoms with E-state index in [-0.39, 0.29) is 0 Å². The zero-order valence-corrected chi connectivity index (χ0v) is 19.9. The van der Waals surface area contributed by atoms with Gasteiger partial charge in [0.2, 0.25) is 5.43 Å². The molecular weight excluding hydrogens is 503 g/mol. The van der Waals surface area contributed by atoms with Gasteiger partial charge in [0, 0.05) is 33.5 Å². The summed E-state index contributed by atoms with van der Waals surface area (Å²) in [6.45, 7) is 0.421. The van der Waals surface area contributed by atoms with Crippen molar-refractivity contribution in [3.8, 4) is 5.75 Å². The minimum Gasteiger partial charge on any atom is -0.502 e. The minimum absolute atomic E-state index is 0.420. The Bertz CT molecular complexity index is 1390. The first kappa shape index (κ1) is 23.6. The Labute approximate surface area is 207 Å². The molecule has 2 aliphatic heterocycles. The number of fused-ring (bicyclic) bond motifs is 3. The molecule has 1 aromatic heterocycles. The van der Waals surface area contributed by atoms with Crippen LogP contribution in [0.2, 0.25) is 5.02 Å². The van der Waals surface area contributed by atoms with Gasteiger partial charge in [-0.25, -0.2) is 0 Å². The molecule has 2 atom stereocenters. The van der Waals surface area contributed by atoms with Crippen molar-refractivity contribution >= 4 is 29.3 Å². The average Bonchev–Trinajstić information content (AvgIpc) is 2.98. The molecule has 2 aliphatic rings. The predicted molar refractivity (Wildman–Crippen MR) is 126 cm³/mol. The summed E-state index contributed by atoms with van der Waals surface area (Å²) < 4.78 is 42.6. The van der Waals surface area contributed by atoms with Crippen LogP contribution in [0.15, 0.2) is 64.4 Å². The molecule has 0 unspecified atom stereocenters. The second kappa shape index (κ2) is 8.53. The summed E-state index contributed by atoms with van der Waals surface area (Å²) in [7, 11) is 0. The largest absolute Gasteiger partial charge is 0.502 e. The average molecular weight is 522 g/mol. The van der Waals surface area contributed by atoms with Crippen molar-refractivity contribution < 1.29 is 23.1 Å². The van der Waals surface area contributed by atoms with E-state index in [9.17, 15) is 27.9 Å². The predicted octanol–water partition coefficient (Wildman–Crippen LogP) is 4.90. The molecule has 0 fully saturated rings. The SMILES string of the molecule is C[C@H](N1CN([C@@H]2c3ccccc3SCc3cccc(Cl)c32)n2ccc(=O)c(O)c2C1=O)C(F)(F)F. The fourth-order valence-corrected chi connectivity index (χ4v) is 5.89. The third-order valence-electron chi connectivity index (χ3n) is 6.34. The van der Waals surface area contributed by atoms with Crippen molar-refractivity contribution in [3.05, 3.63) is 92.4 Å². The smallest absolute Gasteiger partial charge is 0.408 e. The number of alkyl halides is 3. The summed E-state index contributed by atoms with van der Waals surface area (Å²) in [6, 6.07) is 11.1. The highest BCUT2D eigenvalue weighted by molar-refractivity contribution is 7.98. The first-order chi connectivity index (χ1) is 16.6. The highest BCUT2D eigenvalue weighted by Crippen LogP contribution is 2.45. The summed E-state index contributed by atoms with van der Waals surface area (Å²) in [5, 5.41) is 12.5. The topological polar surface area (TPSA) is 65.8 Å². The van der Waals surface area contributed by atoms with Gasteiger partial charge in [0.05, 0.1) is 0 Å². The van der Waals surface area contributed by atoms with Gasteiger partial charge in [-0.15, -0.1) is 11.8 Å². The van der Waals surface area contributed by atoms with Gasteiger partial charge in [-0.3, -0.25) is 19.3 Å². The Hall–Kier alpha value is -3.11. The van der Waals surface area contributed by atoms with Crippen molar-refractivity contribution in [1.29, 1.82) is 0 Å². The Kier molecular flexibility index (Phi) is 5.76. The maximum absolute atomic E-state index is 13.8. The molecule has 0 bridgehead atoms. The molecule has 0 saturated carbocycles. The standard InChI is InChI=1S/C24H19ClF3N3O3S/c1-13(24(26,27)28)29-12-31(30-10-9-17(32)22(33)21(30)23(29)34)20-15-6-2-3-8-18(15)35-11-14-5-4-7-16(25)19(14)20/h2-10,13,20,33H,11-12H2,1H3/t13-,20+/m0/s1. The van der Waals surface area contributed by atoms with Crippen molar-refractivity contribution in [2.24, 2.45) is 0 Å². The lowest BCUT2D eigenvalue weighted by Gasteiger charge is -2.46. The number of carbonyl (C=O) groups excluding carboxylic acids is 1. The highest BCUT2D eigenvalue weighted by Gasteiger charge is 2.47. The van der Waals surface area contributed by atoms with Crippen LogP contribution in [-0.4, -0.2) is 39.5 Å². The van der Waals surface area contributed by atoms with Crippen molar-refractivity contribution in [1.82, 2.24) is 9.58 Å². The molecule has 182 valence electrons. The second-order valence-corrected chi connectivity index (χ2v) is 9.76. The monoisotopic (exact) mass is 521 g/mol. The van der Waals surface area contributed by atoms with Crippen LogP contribution in [0.1, 0.15) is 40.1 Å². The third kappa shape index (κ3) is 3.84. The zero-order chi connectivity index (χ0) is 25.1. The van der Waals surface area contributed by atoms with E-state index in [1.165, 1.54) is 15.9 Å². The van der Waals surface area contributed by atoms with Crippen molar-refractivity contribution in [3.63, 3.8) is 0 Å². The summed E-state index contributed by atoms with van der Waals surface area (Å²) in [5.41, 5.74) is 0.971. The van der Waals surface area contributed by atoms with Gasteiger partial charge in [-0.1, -0.05) is 41.9 Å². The summed E-state index contributed by atoms with van der Waals surface area (Å²) in [4.78, 5) is 26.9. The number of pyridine rings is 1. The fourth-order valence-electron chi connectivity index (χ4n) is 4.51. The highest BCUT2D eigenvalue weighted by atomic mass is 35.5. The normalized spacial score (nSPS) is 18.4. The number of carbonyl (C=O) groups is 1. The number of rotatable bonds is 2. The van der Waals surface area contributed by atoms with Gasteiger partial charge in [0.1, 0.15) is 18.8 Å². The second-order valence-electron chi connectivity index (χ2n) is 8.34. The Balaban J connectivity index is 1.80. The van der Waals surface area contributed by atoms with Gasteiger partial charge >= 0.3 is 6.18 Å². The summed E-state index contributed by atoms with van der Waals surface area (Å²) in [5.74, 6) is -1.41. The molecule has 1 amide bonds. The van der Waals surface area contributed by atoms with E-state index in [1.807, 2.05) is 36.4 Å². The van der Waals surface area contributed by atoms with E-state index < -0.39 is 47.7 Å². The van der Waals surface area contributed by atoms with Crippen LogP contribution < -0.4 is 10.4 Å². The molecule has 0 saturated heterocycles. The quantitative estimate of drug-likeness (QED) is 0.519. The number of halogens is 4. The van der Waals surface area contributed by atoms with Crippen molar-refractivity contribution in [2.75, 3.05) is 11.7 Å². The maximum Gasteiger partial charge on any atom is 0.408 e. The lowest BCUT2D eigenvalue weighted by molar-refractivity contribution is -0.173. The van der Waals surface area contributed by atoms with Gasteiger partial charge < -0.3 is 10.0 Å². The Morgan fingerprint density at radius 2 is 1.86 bits per heavy atom. The molecule has 3 aromatic rings. The van der Waals surface area contributed by atoms with E-state index in [4.69, 9.17) is 11.6 Å². The zero-order valence-electron chi connectivity index (χ0n) is 18.3. The number of aromatic hydroxyl groups is 1. The van der Waals surface area contributed by atoms with Crippen LogP contribution >= 0.6 is 23.4 Å². The van der Waals surface area contributed by atoms with Gasteiger partial charge in [0.15, 0.2) is 11.4 Å². The Morgan fingerprint density at radius 3 is 2.60 bits per heavy atom. The number of aromatic nitrogens is 1. The lowest BCUT2D eigenvalue weighted by atomic mass is 9.94. The van der Waals surface area contributed by atoms with Gasteiger partial charge in [0.25, 0.3) is 5.91 Å². The van der Waals surface area contributed by atoms with E-state index in [0.29, 0.717) is 21.2 Å². The number of amides is 1. The van der Waals surface area contributed by atoms with Crippen LogP contribution in [0.3, 0.4) is 0 Å². The number of thioether (sulfide) groups is 1. The molecule has 0 aliphatic carbocycles. The van der Waals surface area contributed by atoms with Crippen LogP contribution in [0.5, 0.6) is 5.75 Å². The molecule has 6 nitrogen and oxygen atoms in total. The number of hydrogen-bond acceptors (Lipinski definition) is 5. The number of nitrogens with zero attached hydrogens (tertiary/aromatic N) is 3. The van der Waals surface area contributed by atoms with Crippen LogP contribution in [0.25, 0.3) is 0 Å². The molecule has 35 heavy (non-hydrogen) atoms. The molecule has 2 aromatic carbocycles. The summed E-state index contributed by atoms with van der Waals surface area (Å²) >= 11 is 8.25. The molecule has 3 heterocycles. The lowest BCUT2D eigenvalue weighted by Crippen LogP contribution is -2.60. The van der Waals surface area contributed by atoms with E-state index in [0.717, 1.165) is 29.0 Å².